The topological polar surface area (TPSA) is 4.93 Å². The van der Waals surface area contributed by atoms with E-state index in [0.29, 0.717) is 0 Å². The monoisotopic (exact) mass is 319 g/mol. The summed E-state index contributed by atoms with van der Waals surface area (Å²) in [6, 6.07) is 34.3. The van der Waals surface area contributed by atoms with Crippen molar-refractivity contribution >= 4 is 10.8 Å². The predicted molar refractivity (Wildman–Crippen MR) is 105 cm³/mol. The molecule has 0 amide bonds. The van der Waals surface area contributed by atoms with Gasteiger partial charge in [-0.1, -0.05) is 72.8 Å². The van der Waals surface area contributed by atoms with Gasteiger partial charge >= 0.3 is 0 Å². The second-order valence-electron chi connectivity index (χ2n) is 6.29. The van der Waals surface area contributed by atoms with Crippen molar-refractivity contribution in [2.75, 3.05) is 0 Å². The Balaban J connectivity index is 1.90. The van der Waals surface area contributed by atoms with Crippen molar-refractivity contribution in [3.63, 3.8) is 0 Å². The first-order valence-electron chi connectivity index (χ1n) is 8.55. The van der Waals surface area contributed by atoms with Crippen LogP contribution in [-0.2, 0) is 0 Å². The van der Waals surface area contributed by atoms with Crippen molar-refractivity contribution in [1.82, 2.24) is 4.57 Å². The van der Waals surface area contributed by atoms with E-state index in [1.807, 2.05) is 0 Å². The highest BCUT2D eigenvalue weighted by Gasteiger charge is 2.18. The largest absolute Gasteiger partial charge is 0.316 e. The lowest BCUT2D eigenvalue weighted by Gasteiger charge is -2.18. The molecule has 118 valence electrons. The number of fused-ring (bicyclic) bond motifs is 3. The second kappa shape index (κ2) is 5.64. The fourth-order valence-corrected chi connectivity index (χ4v) is 3.67. The first kappa shape index (κ1) is 14.1. The zero-order valence-corrected chi connectivity index (χ0v) is 13.8. The summed E-state index contributed by atoms with van der Waals surface area (Å²) in [5.41, 5.74) is 6.24. The summed E-state index contributed by atoms with van der Waals surface area (Å²) in [4.78, 5) is 0. The van der Waals surface area contributed by atoms with Crippen LogP contribution in [0.25, 0.3) is 38.8 Å². The highest BCUT2D eigenvalue weighted by Crippen LogP contribution is 2.41. The molecule has 1 nitrogen and oxygen atoms in total. The summed E-state index contributed by atoms with van der Waals surface area (Å²) in [7, 11) is 0. The molecule has 0 saturated carbocycles. The molecule has 0 spiro atoms. The van der Waals surface area contributed by atoms with E-state index in [2.05, 4.69) is 108 Å². The van der Waals surface area contributed by atoms with Crippen LogP contribution in [0.2, 0.25) is 0 Å². The number of hydrogen-bond acceptors (Lipinski definition) is 0. The smallest absolute Gasteiger partial charge is 0.0606 e. The van der Waals surface area contributed by atoms with Crippen LogP contribution < -0.4 is 0 Å². The molecule has 3 aromatic carbocycles. The third kappa shape index (κ3) is 2.25. The zero-order valence-electron chi connectivity index (χ0n) is 13.8. The van der Waals surface area contributed by atoms with E-state index in [0.717, 1.165) is 0 Å². The van der Waals surface area contributed by atoms with Crippen LogP contribution in [0.15, 0.2) is 103 Å². The van der Waals surface area contributed by atoms with Gasteiger partial charge in [-0.2, -0.15) is 0 Å². The summed E-state index contributed by atoms with van der Waals surface area (Å²) in [5, 5.41) is 2.61. The van der Waals surface area contributed by atoms with E-state index in [4.69, 9.17) is 0 Å². The summed E-state index contributed by atoms with van der Waals surface area (Å²) in [5.74, 6) is 0. The first-order valence-corrected chi connectivity index (χ1v) is 8.55. The van der Waals surface area contributed by atoms with Gasteiger partial charge in [0.05, 0.1) is 5.69 Å². The highest BCUT2D eigenvalue weighted by molar-refractivity contribution is 6.06. The van der Waals surface area contributed by atoms with Gasteiger partial charge in [0.15, 0.2) is 0 Å². The minimum Gasteiger partial charge on any atom is -0.316 e. The maximum absolute atomic E-state index is 2.31. The number of aromatic nitrogens is 1. The molecule has 0 aromatic heterocycles. The van der Waals surface area contributed by atoms with Gasteiger partial charge in [-0.25, -0.2) is 0 Å². The predicted octanol–water partition coefficient (Wildman–Crippen LogP) is 6.40. The SMILES string of the molecule is c1ccc(-c2c3cc4ccccc4c-3ccn2-c2ccccc2)cc1. The molecular formula is C24H17N. The van der Waals surface area contributed by atoms with Crippen LogP contribution in [0.4, 0.5) is 0 Å². The van der Waals surface area contributed by atoms with Crippen LogP contribution in [0.1, 0.15) is 0 Å². The maximum Gasteiger partial charge on any atom is 0.0606 e. The van der Waals surface area contributed by atoms with Crippen LogP contribution in [0.5, 0.6) is 0 Å². The summed E-state index contributed by atoms with van der Waals surface area (Å²) in [6.07, 6.45) is 2.19. The summed E-state index contributed by atoms with van der Waals surface area (Å²) >= 11 is 0. The molecule has 3 aromatic rings. The van der Waals surface area contributed by atoms with Gasteiger partial charge in [-0.3, -0.25) is 0 Å². The molecule has 0 bridgehead atoms. The van der Waals surface area contributed by atoms with Crippen LogP contribution >= 0.6 is 0 Å². The zero-order chi connectivity index (χ0) is 16.6. The van der Waals surface area contributed by atoms with Crippen molar-refractivity contribution in [2.45, 2.75) is 0 Å². The van der Waals surface area contributed by atoms with Crippen LogP contribution in [-0.4, -0.2) is 4.57 Å². The van der Waals surface area contributed by atoms with E-state index in [1.165, 1.54) is 38.8 Å². The average molecular weight is 319 g/mol. The molecule has 25 heavy (non-hydrogen) atoms. The van der Waals surface area contributed by atoms with Gasteiger partial charge in [0.2, 0.25) is 0 Å². The van der Waals surface area contributed by atoms with Gasteiger partial charge in [-0.05, 0) is 46.2 Å². The molecule has 1 aliphatic carbocycles. The Morgan fingerprint density at radius 3 is 2.04 bits per heavy atom. The molecule has 0 N–H and O–H groups in total. The Kier molecular flexibility index (Phi) is 3.17. The van der Waals surface area contributed by atoms with Crippen molar-refractivity contribution in [3.05, 3.63) is 103 Å². The normalized spacial score (nSPS) is 11.2. The van der Waals surface area contributed by atoms with Gasteiger partial charge in [-0.15, -0.1) is 0 Å². The van der Waals surface area contributed by atoms with Gasteiger partial charge in [0.1, 0.15) is 0 Å². The molecule has 0 unspecified atom stereocenters. The Hall–Kier alpha value is -3.32. The van der Waals surface area contributed by atoms with Crippen LogP contribution in [0, 0.1) is 0 Å². The fourth-order valence-electron chi connectivity index (χ4n) is 3.67. The quantitative estimate of drug-likeness (QED) is 0.355. The second-order valence-corrected chi connectivity index (χ2v) is 6.29. The highest BCUT2D eigenvalue weighted by atomic mass is 15.0. The molecular weight excluding hydrogens is 302 g/mol. The minimum atomic E-state index is 1.17. The van der Waals surface area contributed by atoms with Gasteiger partial charge in [0.25, 0.3) is 0 Å². The van der Waals surface area contributed by atoms with E-state index in [-0.39, 0.29) is 0 Å². The fraction of sp³-hybridized carbons (Fsp3) is 0. The molecule has 0 atom stereocenters. The number of hydrogen-bond donors (Lipinski definition) is 0. The first-order chi connectivity index (χ1) is 12.4. The van der Waals surface area contributed by atoms with Gasteiger partial charge in [0, 0.05) is 17.4 Å². The van der Waals surface area contributed by atoms with Crippen molar-refractivity contribution in [2.24, 2.45) is 0 Å². The third-order valence-corrected chi connectivity index (χ3v) is 4.81. The summed E-state index contributed by atoms with van der Waals surface area (Å²) in [6.45, 7) is 0. The molecule has 2 aliphatic rings. The Bertz CT molecular complexity index is 1120. The number of nitrogens with zero attached hydrogens (tertiary/aromatic N) is 1. The number of rotatable bonds is 2. The van der Waals surface area contributed by atoms with Crippen molar-refractivity contribution in [1.29, 1.82) is 0 Å². The molecule has 5 rings (SSSR count). The minimum absolute atomic E-state index is 1.17. The maximum atomic E-state index is 2.31. The lowest BCUT2D eigenvalue weighted by atomic mass is 10.0. The number of benzene rings is 3. The molecule has 0 fully saturated rings. The molecule has 0 saturated heterocycles. The van der Waals surface area contributed by atoms with Crippen LogP contribution in [0.3, 0.4) is 0 Å². The number of para-hydroxylation sites is 1. The summed E-state index contributed by atoms with van der Waals surface area (Å²) < 4.78 is 2.29. The van der Waals surface area contributed by atoms with Gasteiger partial charge < -0.3 is 4.57 Å². The molecule has 1 heteroatoms. The van der Waals surface area contributed by atoms with E-state index < -0.39 is 0 Å². The standard InChI is InChI=1S/C24H17N/c1-3-9-18(10-4-1)24-23-17-19-11-7-8-14-21(19)22(23)15-16-25(24)20-12-5-2-6-13-20/h1-17H. The van der Waals surface area contributed by atoms with E-state index in [1.54, 1.807) is 0 Å². The lowest BCUT2D eigenvalue weighted by molar-refractivity contribution is 1.06. The van der Waals surface area contributed by atoms with E-state index in [9.17, 15) is 0 Å². The van der Waals surface area contributed by atoms with E-state index >= 15 is 0 Å². The van der Waals surface area contributed by atoms with Crippen molar-refractivity contribution in [3.8, 4) is 28.1 Å². The number of pyridine rings is 1. The third-order valence-electron chi connectivity index (χ3n) is 4.81. The Morgan fingerprint density at radius 1 is 0.560 bits per heavy atom. The molecule has 1 heterocycles. The average Bonchev–Trinajstić information content (AvgIpc) is 3.07. The molecule has 1 aliphatic heterocycles. The Morgan fingerprint density at radius 2 is 1.24 bits per heavy atom. The Labute approximate surface area is 147 Å². The lowest BCUT2D eigenvalue weighted by Crippen LogP contribution is -2.01. The van der Waals surface area contributed by atoms with Crippen molar-refractivity contribution < 1.29 is 0 Å². The molecule has 0 radical (unpaired) electrons.